The van der Waals surface area contributed by atoms with Crippen LogP contribution in [-0.2, 0) is 11.3 Å². The maximum Gasteiger partial charge on any atom is 0.304 e. The highest BCUT2D eigenvalue weighted by Gasteiger charge is 2.23. The van der Waals surface area contributed by atoms with Crippen LogP contribution in [0.1, 0.15) is 89.3 Å². The SMILES string of the molecule is CC(C)NCc1noc([C@H](CCCC2CCCCC2)CC(=O)O)n1. The van der Waals surface area contributed by atoms with E-state index < -0.39 is 5.97 Å². The molecule has 136 valence electrons. The molecule has 0 unspecified atom stereocenters. The molecule has 1 atom stereocenters. The molecule has 6 heteroatoms. The van der Waals surface area contributed by atoms with Crippen molar-refractivity contribution in [3.05, 3.63) is 11.7 Å². The van der Waals surface area contributed by atoms with Gasteiger partial charge in [-0.25, -0.2) is 0 Å². The van der Waals surface area contributed by atoms with E-state index in [4.69, 9.17) is 4.52 Å². The second-order valence-electron chi connectivity index (χ2n) is 7.31. The minimum atomic E-state index is -0.808. The van der Waals surface area contributed by atoms with E-state index in [2.05, 4.69) is 29.3 Å². The molecule has 1 aromatic heterocycles. The first kappa shape index (κ1) is 18.9. The van der Waals surface area contributed by atoms with Gasteiger partial charge >= 0.3 is 5.97 Å². The fourth-order valence-corrected chi connectivity index (χ4v) is 3.45. The minimum absolute atomic E-state index is 0.0594. The van der Waals surface area contributed by atoms with Crippen LogP contribution in [-0.4, -0.2) is 27.3 Å². The lowest BCUT2D eigenvalue weighted by Gasteiger charge is -2.21. The van der Waals surface area contributed by atoms with Crippen LogP contribution in [0, 0.1) is 5.92 Å². The first-order valence-electron chi connectivity index (χ1n) is 9.32. The maximum atomic E-state index is 11.2. The number of aliphatic carboxylic acids is 1. The maximum absolute atomic E-state index is 11.2. The molecular weight excluding hydrogens is 306 g/mol. The third-order valence-corrected chi connectivity index (χ3v) is 4.81. The van der Waals surface area contributed by atoms with Crippen LogP contribution in [0.2, 0.25) is 0 Å². The number of aromatic nitrogens is 2. The molecule has 0 aromatic carbocycles. The molecule has 0 radical (unpaired) electrons. The van der Waals surface area contributed by atoms with E-state index in [1.165, 1.54) is 38.5 Å². The predicted molar refractivity (Wildman–Crippen MR) is 91.7 cm³/mol. The van der Waals surface area contributed by atoms with Gasteiger partial charge in [0.05, 0.1) is 13.0 Å². The number of carbonyl (C=O) groups is 1. The third kappa shape index (κ3) is 6.59. The van der Waals surface area contributed by atoms with E-state index in [0.717, 1.165) is 18.8 Å². The van der Waals surface area contributed by atoms with Gasteiger partial charge in [-0.1, -0.05) is 63.9 Å². The highest BCUT2D eigenvalue weighted by molar-refractivity contribution is 5.67. The van der Waals surface area contributed by atoms with E-state index in [9.17, 15) is 9.90 Å². The number of carboxylic acids is 1. The summed E-state index contributed by atoms with van der Waals surface area (Å²) in [7, 11) is 0. The lowest BCUT2D eigenvalue weighted by Crippen LogP contribution is -2.22. The lowest BCUT2D eigenvalue weighted by atomic mass is 9.84. The summed E-state index contributed by atoms with van der Waals surface area (Å²) in [5.74, 6) is 0.907. The van der Waals surface area contributed by atoms with E-state index in [-0.39, 0.29) is 12.3 Å². The fourth-order valence-electron chi connectivity index (χ4n) is 3.45. The summed E-state index contributed by atoms with van der Waals surface area (Å²) < 4.78 is 5.34. The molecule has 1 aliphatic rings. The van der Waals surface area contributed by atoms with Crippen molar-refractivity contribution in [2.75, 3.05) is 0 Å². The van der Waals surface area contributed by atoms with Gasteiger partial charge in [-0.05, 0) is 12.3 Å². The molecule has 1 saturated carbocycles. The predicted octanol–water partition coefficient (Wildman–Crippen LogP) is 3.88. The van der Waals surface area contributed by atoms with Crippen LogP contribution in [0.3, 0.4) is 0 Å². The first-order valence-corrected chi connectivity index (χ1v) is 9.32. The summed E-state index contributed by atoms with van der Waals surface area (Å²) in [6.45, 7) is 4.65. The molecule has 24 heavy (non-hydrogen) atoms. The second kappa shape index (κ2) is 9.77. The van der Waals surface area contributed by atoms with Crippen LogP contribution in [0.4, 0.5) is 0 Å². The standard InChI is InChI=1S/C18H31N3O3/c1-13(2)19-12-16-20-18(24-21-16)15(11-17(22)23)10-6-9-14-7-4-3-5-8-14/h13-15,19H,3-12H2,1-2H3,(H,22,23)/t15-/m1/s1. The third-order valence-electron chi connectivity index (χ3n) is 4.81. The average molecular weight is 337 g/mol. The highest BCUT2D eigenvalue weighted by atomic mass is 16.5. The van der Waals surface area contributed by atoms with Gasteiger partial charge in [0.1, 0.15) is 0 Å². The van der Waals surface area contributed by atoms with Gasteiger partial charge in [-0.3, -0.25) is 4.79 Å². The van der Waals surface area contributed by atoms with Crippen LogP contribution < -0.4 is 5.32 Å². The Bertz CT molecular complexity index is 495. The molecule has 1 heterocycles. The molecule has 2 N–H and O–H groups in total. The molecule has 0 bridgehead atoms. The number of hydrogen-bond donors (Lipinski definition) is 2. The molecule has 1 aromatic rings. The first-order chi connectivity index (χ1) is 11.5. The molecule has 6 nitrogen and oxygen atoms in total. The largest absolute Gasteiger partial charge is 0.481 e. The second-order valence-corrected chi connectivity index (χ2v) is 7.31. The Kier molecular flexibility index (Phi) is 7.69. The number of nitrogens with one attached hydrogen (secondary N) is 1. The number of nitrogens with zero attached hydrogens (tertiary/aromatic N) is 2. The minimum Gasteiger partial charge on any atom is -0.481 e. The summed E-state index contributed by atoms with van der Waals surface area (Å²) in [6, 6.07) is 0.345. The highest BCUT2D eigenvalue weighted by Crippen LogP contribution is 2.31. The van der Waals surface area contributed by atoms with E-state index in [1.807, 2.05) is 0 Å². The Morgan fingerprint density at radius 1 is 1.33 bits per heavy atom. The average Bonchev–Trinajstić information content (AvgIpc) is 3.01. The Labute approximate surface area is 144 Å². The molecule has 0 amide bonds. The van der Waals surface area contributed by atoms with Crippen molar-refractivity contribution in [2.24, 2.45) is 5.92 Å². The molecule has 1 aliphatic carbocycles. The van der Waals surface area contributed by atoms with Crippen molar-refractivity contribution < 1.29 is 14.4 Å². The molecule has 1 fully saturated rings. The van der Waals surface area contributed by atoms with Gasteiger partial charge in [-0.15, -0.1) is 0 Å². The Balaban J connectivity index is 1.86. The normalized spacial score (nSPS) is 17.3. The smallest absolute Gasteiger partial charge is 0.304 e. The van der Waals surface area contributed by atoms with Crippen LogP contribution >= 0.6 is 0 Å². The van der Waals surface area contributed by atoms with Crippen molar-refractivity contribution >= 4 is 5.97 Å². The van der Waals surface area contributed by atoms with Gasteiger partial charge in [0.25, 0.3) is 0 Å². The fraction of sp³-hybridized carbons (Fsp3) is 0.833. The van der Waals surface area contributed by atoms with Crippen molar-refractivity contribution in [3.8, 4) is 0 Å². The summed E-state index contributed by atoms with van der Waals surface area (Å²) in [6.07, 6.45) is 9.80. The molecule has 0 spiro atoms. The van der Waals surface area contributed by atoms with E-state index in [1.54, 1.807) is 0 Å². The van der Waals surface area contributed by atoms with Crippen molar-refractivity contribution in [3.63, 3.8) is 0 Å². The lowest BCUT2D eigenvalue weighted by molar-refractivity contribution is -0.137. The number of carboxylic acid groups (broad SMARTS) is 1. The monoisotopic (exact) mass is 337 g/mol. The van der Waals surface area contributed by atoms with Crippen LogP contribution in [0.15, 0.2) is 4.52 Å². The summed E-state index contributed by atoms with van der Waals surface area (Å²) in [5.41, 5.74) is 0. The van der Waals surface area contributed by atoms with Gasteiger partial charge < -0.3 is 14.9 Å². The molecule has 0 saturated heterocycles. The Hall–Kier alpha value is -1.43. The van der Waals surface area contributed by atoms with Gasteiger partial charge in [-0.2, -0.15) is 4.98 Å². The van der Waals surface area contributed by atoms with E-state index in [0.29, 0.717) is 24.3 Å². The number of hydrogen-bond acceptors (Lipinski definition) is 5. The van der Waals surface area contributed by atoms with Crippen molar-refractivity contribution in [1.29, 1.82) is 0 Å². The van der Waals surface area contributed by atoms with Crippen LogP contribution in [0.5, 0.6) is 0 Å². The number of rotatable bonds is 10. The zero-order valence-corrected chi connectivity index (χ0v) is 15.0. The Morgan fingerprint density at radius 3 is 2.75 bits per heavy atom. The molecular formula is C18H31N3O3. The van der Waals surface area contributed by atoms with Gasteiger partial charge in [0.2, 0.25) is 5.89 Å². The molecule has 0 aliphatic heterocycles. The summed E-state index contributed by atoms with van der Waals surface area (Å²) >= 11 is 0. The summed E-state index contributed by atoms with van der Waals surface area (Å²) in [5, 5.41) is 16.4. The topological polar surface area (TPSA) is 88.2 Å². The zero-order valence-electron chi connectivity index (χ0n) is 15.0. The van der Waals surface area contributed by atoms with Gasteiger partial charge in [0.15, 0.2) is 5.82 Å². The van der Waals surface area contributed by atoms with E-state index >= 15 is 0 Å². The Morgan fingerprint density at radius 2 is 2.08 bits per heavy atom. The van der Waals surface area contributed by atoms with Crippen molar-refractivity contribution in [1.82, 2.24) is 15.5 Å². The summed E-state index contributed by atoms with van der Waals surface area (Å²) in [4.78, 5) is 15.6. The molecule has 2 rings (SSSR count). The quantitative estimate of drug-likeness (QED) is 0.673. The zero-order chi connectivity index (χ0) is 17.4. The van der Waals surface area contributed by atoms with Crippen LogP contribution in [0.25, 0.3) is 0 Å². The van der Waals surface area contributed by atoms with Crippen molar-refractivity contribution in [2.45, 2.75) is 90.1 Å². The van der Waals surface area contributed by atoms with Gasteiger partial charge in [0, 0.05) is 12.0 Å².